The number of rotatable bonds is 4. The fourth-order valence-corrected chi connectivity index (χ4v) is 2.97. The predicted molar refractivity (Wildman–Crippen MR) is 93.5 cm³/mol. The topological polar surface area (TPSA) is 47.6 Å². The Bertz CT molecular complexity index is 736. The van der Waals surface area contributed by atoms with Crippen molar-refractivity contribution in [3.05, 3.63) is 51.5 Å². The highest BCUT2D eigenvalue weighted by Gasteiger charge is 2.16. The molecule has 1 aliphatic rings. The van der Waals surface area contributed by atoms with Crippen LogP contribution in [-0.2, 0) is 11.2 Å². The zero-order valence-electron chi connectivity index (χ0n) is 12.3. The molecule has 0 aliphatic carbocycles. The number of hydrogen-bond donors (Lipinski definition) is 1. The number of carbonyl (C=O) groups excluding carboxylic acids is 1. The third kappa shape index (κ3) is 3.98. The molecule has 1 aliphatic heterocycles. The first-order chi connectivity index (χ1) is 11.1. The number of halogens is 2. The van der Waals surface area contributed by atoms with Crippen molar-refractivity contribution >= 4 is 39.1 Å². The summed E-state index contributed by atoms with van der Waals surface area (Å²) in [5.74, 6) is 1.24. The second kappa shape index (κ2) is 7.23. The molecule has 1 N–H and O–H groups in total. The first-order valence-corrected chi connectivity index (χ1v) is 8.43. The SMILES string of the molecule is O=C(CCc1ccccc1Cl)Nc1cc2c(cc1Br)OCCO2. The van der Waals surface area contributed by atoms with E-state index in [4.69, 9.17) is 21.1 Å². The van der Waals surface area contributed by atoms with Crippen molar-refractivity contribution in [2.75, 3.05) is 18.5 Å². The molecule has 0 radical (unpaired) electrons. The van der Waals surface area contributed by atoms with E-state index in [1.54, 1.807) is 12.1 Å². The highest BCUT2D eigenvalue weighted by Crippen LogP contribution is 2.38. The Kier molecular flexibility index (Phi) is 5.08. The van der Waals surface area contributed by atoms with Crippen LogP contribution in [0.4, 0.5) is 5.69 Å². The zero-order valence-corrected chi connectivity index (χ0v) is 14.6. The molecule has 1 amide bonds. The Morgan fingerprint density at radius 3 is 2.61 bits per heavy atom. The molecule has 2 aromatic rings. The lowest BCUT2D eigenvalue weighted by Crippen LogP contribution is -2.17. The van der Waals surface area contributed by atoms with Crippen LogP contribution in [-0.4, -0.2) is 19.1 Å². The van der Waals surface area contributed by atoms with Gasteiger partial charge in [-0.25, -0.2) is 0 Å². The van der Waals surface area contributed by atoms with Gasteiger partial charge in [0, 0.05) is 28.0 Å². The normalized spacial score (nSPS) is 12.8. The molecule has 0 unspecified atom stereocenters. The molecule has 1 heterocycles. The van der Waals surface area contributed by atoms with Crippen molar-refractivity contribution in [1.82, 2.24) is 0 Å². The van der Waals surface area contributed by atoms with Gasteiger partial charge < -0.3 is 14.8 Å². The van der Waals surface area contributed by atoms with Crippen molar-refractivity contribution in [1.29, 1.82) is 0 Å². The summed E-state index contributed by atoms with van der Waals surface area (Å²) in [5, 5.41) is 3.57. The summed E-state index contributed by atoms with van der Waals surface area (Å²) < 4.78 is 11.8. The Balaban J connectivity index is 1.65. The number of carbonyl (C=O) groups is 1. The number of benzene rings is 2. The molecule has 23 heavy (non-hydrogen) atoms. The van der Waals surface area contributed by atoms with Crippen molar-refractivity contribution in [3.8, 4) is 11.5 Å². The van der Waals surface area contributed by atoms with Crippen LogP contribution >= 0.6 is 27.5 Å². The Hall–Kier alpha value is -1.72. The van der Waals surface area contributed by atoms with E-state index >= 15 is 0 Å². The fraction of sp³-hybridized carbons (Fsp3) is 0.235. The molecule has 0 bridgehead atoms. The zero-order chi connectivity index (χ0) is 16.2. The molecule has 0 fully saturated rings. The number of nitrogens with one attached hydrogen (secondary N) is 1. The van der Waals surface area contributed by atoms with E-state index in [2.05, 4.69) is 21.2 Å². The average molecular weight is 397 g/mol. The van der Waals surface area contributed by atoms with Gasteiger partial charge in [-0.1, -0.05) is 29.8 Å². The molecule has 0 saturated carbocycles. The number of anilines is 1. The van der Waals surface area contributed by atoms with E-state index in [-0.39, 0.29) is 5.91 Å². The van der Waals surface area contributed by atoms with Crippen LogP contribution < -0.4 is 14.8 Å². The van der Waals surface area contributed by atoms with Crippen molar-refractivity contribution < 1.29 is 14.3 Å². The summed E-state index contributed by atoms with van der Waals surface area (Å²) in [7, 11) is 0. The lowest BCUT2D eigenvalue weighted by molar-refractivity contribution is -0.116. The molecule has 6 heteroatoms. The molecular formula is C17H15BrClNO3. The fourth-order valence-electron chi connectivity index (χ4n) is 2.32. The number of ether oxygens (including phenoxy) is 2. The lowest BCUT2D eigenvalue weighted by atomic mass is 10.1. The minimum atomic E-state index is -0.0812. The van der Waals surface area contributed by atoms with Crippen LogP contribution in [0.2, 0.25) is 5.02 Å². The summed E-state index contributed by atoms with van der Waals surface area (Å²) in [6.45, 7) is 1.04. The summed E-state index contributed by atoms with van der Waals surface area (Å²) in [6.07, 6.45) is 0.943. The smallest absolute Gasteiger partial charge is 0.224 e. The van der Waals surface area contributed by atoms with E-state index in [9.17, 15) is 4.79 Å². The van der Waals surface area contributed by atoms with Crippen LogP contribution in [0.15, 0.2) is 40.9 Å². The van der Waals surface area contributed by atoms with Gasteiger partial charge in [-0.05, 0) is 34.0 Å². The summed E-state index contributed by atoms with van der Waals surface area (Å²) in [5.41, 5.74) is 1.63. The Morgan fingerprint density at radius 1 is 1.17 bits per heavy atom. The first kappa shape index (κ1) is 16.1. The van der Waals surface area contributed by atoms with Gasteiger partial charge in [0.1, 0.15) is 13.2 Å². The highest BCUT2D eigenvalue weighted by atomic mass is 79.9. The van der Waals surface area contributed by atoms with Crippen LogP contribution in [0.1, 0.15) is 12.0 Å². The number of hydrogen-bond acceptors (Lipinski definition) is 3. The monoisotopic (exact) mass is 395 g/mol. The Morgan fingerprint density at radius 2 is 1.87 bits per heavy atom. The third-order valence-electron chi connectivity index (χ3n) is 3.49. The molecule has 0 atom stereocenters. The predicted octanol–water partition coefficient (Wildman–Crippen LogP) is 4.45. The quantitative estimate of drug-likeness (QED) is 0.831. The minimum absolute atomic E-state index is 0.0812. The van der Waals surface area contributed by atoms with Crippen LogP contribution in [0.3, 0.4) is 0 Å². The first-order valence-electron chi connectivity index (χ1n) is 7.26. The number of amides is 1. The van der Waals surface area contributed by atoms with Crippen LogP contribution in [0.5, 0.6) is 11.5 Å². The molecule has 3 rings (SSSR count). The minimum Gasteiger partial charge on any atom is -0.486 e. The second-order valence-corrected chi connectivity index (χ2v) is 6.38. The molecule has 0 saturated heterocycles. The van der Waals surface area contributed by atoms with Crippen molar-refractivity contribution in [3.63, 3.8) is 0 Å². The van der Waals surface area contributed by atoms with E-state index in [0.717, 1.165) is 10.0 Å². The van der Waals surface area contributed by atoms with E-state index < -0.39 is 0 Å². The van der Waals surface area contributed by atoms with Gasteiger partial charge in [0.2, 0.25) is 5.91 Å². The van der Waals surface area contributed by atoms with Gasteiger partial charge in [0.25, 0.3) is 0 Å². The van der Waals surface area contributed by atoms with Gasteiger partial charge in [-0.15, -0.1) is 0 Å². The van der Waals surface area contributed by atoms with Gasteiger partial charge in [0.15, 0.2) is 11.5 Å². The second-order valence-electron chi connectivity index (χ2n) is 5.12. The summed E-state index contributed by atoms with van der Waals surface area (Å²) >= 11 is 9.54. The average Bonchev–Trinajstić information content (AvgIpc) is 2.55. The standard InChI is InChI=1S/C17H15BrClNO3/c18-12-9-15-16(23-8-7-22-15)10-14(12)20-17(21)6-5-11-3-1-2-4-13(11)19/h1-4,9-10H,5-8H2,(H,20,21). The highest BCUT2D eigenvalue weighted by molar-refractivity contribution is 9.10. The summed E-state index contributed by atoms with van der Waals surface area (Å²) in [6, 6.07) is 11.1. The maximum atomic E-state index is 12.2. The molecule has 4 nitrogen and oxygen atoms in total. The van der Waals surface area contributed by atoms with Gasteiger partial charge in [-0.2, -0.15) is 0 Å². The van der Waals surface area contributed by atoms with Gasteiger partial charge in [-0.3, -0.25) is 4.79 Å². The third-order valence-corrected chi connectivity index (χ3v) is 4.51. The van der Waals surface area contributed by atoms with Gasteiger partial charge in [0.05, 0.1) is 5.69 Å². The van der Waals surface area contributed by atoms with E-state index in [1.807, 2.05) is 24.3 Å². The molecule has 0 spiro atoms. The molecule has 2 aromatic carbocycles. The summed E-state index contributed by atoms with van der Waals surface area (Å²) in [4.78, 5) is 12.2. The largest absolute Gasteiger partial charge is 0.486 e. The molecular weight excluding hydrogens is 382 g/mol. The molecule has 0 aromatic heterocycles. The van der Waals surface area contributed by atoms with E-state index in [1.165, 1.54) is 0 Å². The number of aryl methyl sites for hydroxylation is 1. The maximum absolute atomic E-state index is 12.2. The van der Waals surface area contributed by atoms with Gasteiger partial charge >= 0.3 is 0 Å². The van der Waals surface area contributed by atoms with E-state index in [0.29, 0.717) is 48.3 Å². The lowest BCUT2D eigenvalue weighted by Gasteiger charge is -2.20. The number of fused-ring (bicyclic) bond motifs is 1. The maximum Gasteiger partial charge on any atom is 0.224 e. The Labute approximate surface area is 147 Å². The van der Waals surface area contributed by atoms with Crippen LogP contribution in [0.25, 0.3) is 0 Å². The molecule has 120 valence electrons. The van der Waals surface area contributed by atoms with Crippen molar-refractivity contribution in [2.24, 2.45) is 0 Å². The van der Waals surface area contributed by atoms with Crippen molar-refractivity contribution in [2.45, 2.75) is 12.8 Å². The van der Waals surface area contributed by atoms with Crippen LogP contribution in [0, 0.1) is 0 Å².